The molecule has 2 N–H and O–H groups in total. The van der Waals surface area contributed by atoms with E-state index in [-0.39, 0.29) is 0 Å². The van der Waals surface area contributed by atoms with Gasteiger partial charge in [0.1, 0.15) is 5.75 Å². The van der Waals surface area contributed by atoms with Crippen LogP contribution in [0.2, 0.25) is 0 Å². The van der Waals surface area contributed by atoms with Gasteiger partial charge < -0.3 is 15.4 Å². The van der Waals surface area contributed by atoms with Crippen molar-refractivity contribution in [3.8, 4) is 5.75 Å². The third-order valence-electron chi connectivity index (χ3n) is 3.50. The fraction of sp³-hybridized carbons (Fsp3) is 0.111. The van der Waals surface area contributed by atoms with Crippen LogP contribution in [0.15, 0.2) is 65.4 Å². The number of ether oxygens (including phenoxy) is 1. The number of hydrogen-bond donors (Lipinski definition) is 2. The smallest absolute Gasteiger partial charge is 0.175 e. The van der Waals surface area contributed by atoms with E-state index in [1.54, 1.807) is 13.3 Å². The monoisotopic (exact) mass is 416 g/mol. The fourth-order valence-corrected chi connectivity index (χ4v) is 2.82. The number of methoxy groups -OCH3 is 1. The van der Waals surface area contributed by atoms with Gasteiger partial charge in [0.25, 0.3) is 0 Å². The number of para-hydroxylation sites is 2. The molecule has 0 saturated heterocycles. The van der Waals surface area contributed by atoms with E-state index in [2.05, 4.69) is 43.8 Å². The summed E-state index contributed by atoms with van der Waals surface area (Å²) in [5.74, 6) is 0.734. The largest absolute Gasteiger partial charge is 0.495 e. The molecule has 1 aromatic heterocycles. The van der Waals surface area contributed by atoms with E-state index in [4.69, 9.17) is 17.0 Å². The van der Waals surface area contributed by atoms with Crippen LogP contribution in [-0.4, -0.2) is 22.0 Å². The average molecular weight is 417 g/mol. The zero-order chi connectivity index (χ0) is 17.6. The molecule has 0 unspecified atom stereocenters. The zero-order valence-electron chi connectivity index (χ0n) is 13.6. The number of nitrogens with zero attached hydrogens (tertiary/aromatic N) is 2. The van der Waals surface area contributed by atoms with Crippen LogP contribution in [0.1, 0.15) is 5.56 Å². The number of thiocarbonyl (C=S) groups is 1. The molecule has 0 atom stereocenters. The summed E-state index contributed by atoms with van der Waals surface area (Å²) >= 11 is 8.80. The summed E-state index contributed by atoms with van der Waals surface area (Å²) in [5.41, 5.74) is 2.81. The van der Waals surface area contributed by atoms with E-state index in [9.17, 15) is 0 Å². The van der Waals surface area contributed by atoms with Gasteiger partial charge in [-0.1, -0.05) is 40.2 Å². The van der Waals surface area contributed by atoms with Crippen LogP contribution >= 0.6 is 28.1 Å². The van der Waals surface area contributed by atoms with Gasteiger partial charge in [-0.2, -0.15) is 5.10 Å². The summed E-state index contributed by atoms with van der Waals surface area (Å²) in [7, 11) is 1.63. The van der Waals surface area contributed by atoms with E-state index in [1.165, 1.54) is 5.56 Å². The Balaban J connectivity index is 1.61. The lowest BCUT2D eigenvalue weighted by Gasteiger charge is -2.12. The standard InChI is InChI=1S/C18H17BrN4OS/c1-24-17-5-3-2-4-16(17)22-18(25)21-15-10-20-23(12-15)11-13-6-8-14(19)9-7-13/h2-10,12H,11H2,1H3,(H2,21,22,25). The molecule has 3 rings (SSSR count). The van der Waals surface area contributed by atoms with Crippen LogP contribution < -0.4 is 15.4 Å². The van der Waals surface area contributed by atoms with Gasteiger partial charge >= 0.3 is 0 Å². The molecular weight excluding hydrogens is 400 g/mol. The van der Waals surface area contributed by atoms with E-state index in [0.29, 0.717) is 11.7 Å². The highest BCUT2D eigenvalue weighted by Gasteiger charge is 2.06. The topological polar surface area (TPSA) is 51.1 Å². The second kappa shape index (κ2) is 8.13. The molecule has 0 aliphatic rings. The summed E-state index contributed by atoms with van der Waals surface area (Å²) in [6.45, 7) is 0.696. The van der Waals surface area contributed by atoms with Crippen molar-refractivity contribution in [3.63, 3.8) is 0 Å². The number of benzene rings is 2. The first-order chi connectivity index (χ1) is 12.1. The first-order valence-corrected chi connectivity index (χ1v) is 8.82. The van der Waals surface area contributed by atoms with Crippen molar-refractivity contribution in [3.05, 3.63) is 71.0 Å². The van der Waals surface area contributed by atoms with Crippen LogP contribution in [0.5, 0.6) is 5.75 Å². The molecule has 128 valence electrons. The summed E-state index contributed by atoms with van der Waals surface area (Å²) in [6, 6.07) is 15.8. The molecule has 5 nitrogen and oxygen atoms in total. The maximum atomic E-state index is 5.36. The molecule has 0 saturated carbocycles. The molecule has 1 heterocycles. The summed E-state index contributed by atoms with van der Waals surface area (Å²) in [5, 5.41) is 11.1. The van der Waals surface area contributed by atoms with Crippen LogP contribution in [0.4, 0.5) is 11.4 Å². The van der Waals surface area contributed by atoms with Crippen molar-refractivity contribution in [1.82, 2.24) is 9.78 Å². The van der Waals surface area contributed by atoms with E-state index < -0.39 is 0 Å². The molecule has 0 bridgehead atoms. The van der Waals surface area contributed by atoms with Crippen molar-refractivity contribution in [2.24, 2.45) is 0 Å². The Morgan fingerprint density at radius 3 is 2.68 bits per heavy atom. The Hall–Kier alpha value is -2.38. The van der Waals surface area contributed by atoms with Crippen molar-refractivity contribution < 1.29 is 4.74 Å². The number of halogens is 1. The molecule has 7 heteroatoms. The van der Waals surface area contributed by atoms with Crippen molar-refractivity contribution in [2.75, 3.05) is 17.7 Å². The number of rotatable bonds is 5. The minimum atomic E-state index is 0.479. The molecule has 3 aromatic rings. The second-order valence-electron chi connectivity index (χ2n) is 5.33. The summed E-state index contributed by atoms with van der Waals surface area (Å²) in [6.07, 6.45) is 3.66. The summed E-state index contributed by atoms with van der Waals surface area (Å²) < 4.78 is 8.23. The quantitative estimate of drug-likeness (QED) is 0.599. The Morgan fingerprint density at radius 2 is 1.92 bits per heavy atom. The van der Waals surface area contributed by atoms with Gasteiger partial charge in [0.2, 0.25) is 0 Å². The SMILES string of the molecule is COc1ccccc1NC(=S)Nc1cnn(Cc2ccc(Br)cc2)c1. The first-order valence-electron chi connectivity index (χ1n) is 7.62. The molecule has 0 fully saturated rings. The molecular formula is C18H17BrN4OS. The Bertz CT molecular complexity index is 864. The van der Waals surface area contributed by atoms with Crippen LogP contribution in [0.25, 0.3) is 0 Å². The van der Waals surface area contributed by atoms with Gasteiger partial charge in [-0.3, -0.25) is 4.68 Å². The van der Waals surface area contributed by atoms with Crippen molar-refractivity contribution in [2.45, 2.75) is 6.54 Å². The average Bonchev–Trinajstić information content (AvgIpc) is 3.04. The minimum Gasteiger partial charge on any atom is -0.495 e. The number of nitrogens with one attached hydrogen (secondary N) is 2. The molecule has 25 heavy (non-hydrogen) atoms. The minimum absolute atomic E-state index is 0.479. The van der Waals surface area contributed by atoms with Crippen molar-refractivity contribution >= 4 is 44.6 Å². The molecule has 2 aromatic carbocycles. The normalized spacial score (nSPS) is 10.3. The van der Waals surface area contributed by atoms with Crippen LogP contribution in [0, 0.1) is 0 Å². The maximum Gasteiger partial charge on any atom is 0.175 e. The molecule has 0 radical (unpaired) electrons. The lowest BCUT2D eigenvalue weighted by molar-refractivity contribution is 0.417. The number of hydrogen-bond acceptors (Lipinski definition) is 3. The Kier molecular flexibility index (Phi) is 5.67. The summed E-state index contributed by atoms with van der Waals surface area (Å²) in [4.78, 5) is 0. The van der Waals surface area contributed by atoms with E-state index in [0.717, 1.165) is 21.6 Å². The van der Waals surface area contributed by atoms with E-state index in [1.807, 2.05) is 47.3 Å². The predicted octanol–water partition coefficient (Wildman–Crippen LogP) is 4.51. The third-order valence-corrected chi connectivity index (χ3v) is 4.24. The molecule has 0 amide bonds. The van der Waals surface area contributed by atoms with Crippen LogP contribution in [-0.2, 0) is 6.54 Å². The fourth-order valence-electron chi connectivity index (χ4n) is 2.32. The maximum absolute atomic E-state index is 5.36. The Labute approximate surface area is 160 Å². The van der Waals surface area contributed by atoms with Gasteiger partial charge in [-0.15, -0.1) is 0 Å². The molecule has 0 spiro atoms. The lowest BCUT2D eigenvalue weighted by atomic mass is 10.2. The highest BCUT2D eigenvalue weighted by Crippen LogP contribution is 2.23. The van der Waals surface area contributed by atoms with Gasteiger partial charge in [0.05, 0.1) is 31.2 Å². The zero-order valence-corrected chi connectivity index (χ0v) is 16.0. The van der Waals surface area contributed by atoms with Gasteiger partial charge in [-0.25, -0.2) is 0 Å². The van der Waals surface area contributed by atoms with Crippen LogP contribution in [0.3, 0.4) is 0 Å². The Morgan fingerprint density at radius 1 is 1.16 bits per heavy atom. The van der Waals surface area contributed by atoms with E-state index >= 15 is 0 Å². The van der Waals surface area contributed by atoms with Crippen molar-refractivity contribution in [1.29, 1.82) is 0 Å². The second-order valence-corrected chi connectivity index (χ2v) is 6.66. The van der Waals surface area contributed by atoms with Gasteiger partial charge in [-0.05, 0) is 42.0 Å². The highest BCUT2D eigenvalue weighted by atomic mass is 79.9. The molecule has 0 aliphatic heterocycles. The lowest BCUT2D eigenvalue weighted by Crippen LogP contribution is -2.19. The molecule has 0 aliphatic carbocycles. The van der Waals surface area contributed by atoms with Gasteiger partial charge in [0, 0.05) is 10.7 Å². The highest BCUT2D eigenvalue weighted by molar-refractivity contribution is 9.10. The number of anilines is 2. The number of aromatic nitrogens is 2. The third kappa shape index (κ3) is 4.80. The predicted molar refractivity (Wildman–Crippen MR) is 108 cm³/mol. The van der Waals surface area contributed by atoms with Gasteiger partial charge in [0.15, 0.2) is 5.11 Å². The first kappa shape index (κ1) is 17.4.